The first kappa shape index (κ1) is 17.9. The number of alkyl halides is 3. The fraction of sp³-hybridized carbons (Fsp3) is 0.889. The third-order valence-corrected chi connectivity index (χ3v) is 2.30. The molecular formula is C9H15F4NO4S. The van der Waals surface area contributed by atoms with Crippen molar-refractivity contribution in [2.45, 2.75) is 32.5 Å². The van der Waals surface area contributed by atoms with Crippen LogP contribution in [0.2, 0.25) is 0 Å². The van der Waals surface area contributed by atoms with Gasteiger partial charge in [-0.25, -0.2) is 4.79 Å². The van der Waals surface area contributed by atoms with Crippen LogP contribution in [0.1, 0.15) is 20.8 Å². The number of nitrogens with zero attached hydrogens (tertiary/aromatic N) is 1. The van der Waals surface area contributed by atoms with E-state index in [1.807, 2.05) is 0 Å². The molecule has 0 spiro atoms. The smallest absolute Gasteiger partial charge is 0.410 e. The van der Waals surface area contributed by atoms with Crippen molar-refractivity contribution < 1.29 is 35.0 Å². The lowest BCUT2D eigenvalue weighted by Gasteiger charge is -2.27. The van der Waals surface area contributed by atoms with Crippen molar-refractivity contribution in [2.24, 2.45) is 0 Å². The lowest BCUT2D eigenvalue weighted by molar-refractivity contribution is -0.144. The molecule has 0 aromatic rings. The Labute approximate surface area is 108 Å². The van der Waals surface area contributed by atoms with E-state index < -0.39 is 46.9 Å². The molecule has 0 rings (SSSR count). The van der Waals surface area contributed by atoms with E-state index in [4.69, 9.17) is 0 Å². The summed E-state index contributed by atoms with van der Waals surface area (Å²) in [6.07, 6.45) is -6.09. The van der Waals surface area contributed by atoms with Crippen molar-refractivity contribution in [3.8, 4) is 0 Å². The minimum absolute atomic E-state index is 0.0996. The van der Waals surface area contributed by atoms with Crippen LogP contribution in [-0.4, -0.2) is 50.0 Å². The van der Waals surface area contributed by atoms with Crippen LogP contribution in [-0.2, 0) is 15.0 Å². The average Bonchev–Trinajstić information content (AvgIpc) is 2.05. The van der Waals surface area contributed by atoms with Crippen LogP contribution in [0.4, 0.5) is 21.9 Å². The van der Waals surface area contributed by atoms with Gasteiger partial charge in [0, 0.05) is 6.54 Å². The van der Waals surface area contributed by atoms with Crippen molar-refractivity contribution >= 4 is 16.3 Å². The molecule has 0 aliphatic carbocycles. The molecule has 0 N–H and O–H groups in total. The van der Waals surface area contributed by atoms with Crippen LogP contribution >= 0.6 is 0 Å². The van der Waals surface area contributed by atoms with Crippen molar-refractivity contribution in [3.05, 3.63) is 0 Å². The van der Waals surface area contributed by atoms with Crippen LogP contribution in [0, 0.1) is 0 Å². The third kappa shape index (κ3) is 10.5. The Morgan fingerprint density at radius 3 is 2.00 bits per heavy atom. The van der Waals surface area contributed by atoms with Gasteiger partial charge in [0.2, 0.25) is 0 Å². The number of carbonyl (C=O) groups is 1. The van der Waals surface area contributed by atoms with Crippen molar-refractivity contribution in [3.63, 3.8) is 0 Å². The fourth-order valence-electron chi connectivity index (χ4n) is 0.997. The van der Waals surface area contributed by atoms with Gasteiger partial charge in [-0.1, -0.05) is 0 Å². The molecule has 0 aliphatic heterocycles. The summed E-state index contributed by atoms with van der Waals surface area (Å²) >= 11 is 0. The minimum Gasteiger partial charge on any atom is -0.444 e. The number of amides is 1. The molecular weight excluding hydrogens is 294 g/mol. The molecule has 0 atom stereocenters. The molecule has 0 saturated heterocycles. The highest BCUT2D eigenvalue weighted by molar-refractivity contribution is 7.86. The van der Waals surface area contributed by atoms with E-state index >= 15 is 0 Å². The van der Waals surface area contributed by atoms with E-state index in [9.17, 15) is 30.3 Å². The first-order valence-electron chi connectivity index (χ1n) is 5.17. The Kier molecular flexibility index (Phi) is 5.60. The quantitative estimate of drug-likeness (QED) is 0.589. The van der Waals surface area contributed by atoms with Gasteiger partial charge in [0.15, 0.2) is 0 Å². The monoisotopic (exact) mass is 309 g/mol. The summed E-state index contributed by atoms with van der Waals surface area (Å²) in [7, 11) is -4.97. The van der Waals surface area contributed by atoms with E-state index in [0.717, 1.165) is 0 Å². The number of hydrogen-bond acceptors (Lipinski definition) is 4. The normalized spacial score (nSPS) is 13.2. The third-order valence-electron chi connectivity index (χ3n) is 1.63. The van der Waals surface area contributed by atoms with Gasteiger partial charge in [-0.3, -0.25) is 4.90 Å². The molecule has 19 heavy (non-hydrogen) atoms. The van der Waals surface area contributed by atoms with Gasteiger partial charge < -0.3 is 4.74 Å². The van der Waals surface area contributed by atoms with E-state index in [1.165, 1.54) is 20.8 Å². The van der Waals surface area contributed by atoms with Gasteiger partial charge in [-0.2, -0.15) is 21.6 Å². The molecule has 5 nitrogen and oxygen atoms in total. The zero-order chi connectivity index (χ0) is 15.5. The number of rotatable bonds is 4. The molecule has 0 unspecified atom stereocenters. The number of hydrogen-bond donors (Lipinski definition) is 0. The van der Waals surface area contributed by atoms with Gasteiger partial charge in [0.25, 0.3) is 0 Å². The average molecular weight is 309 g/mol. The summed E-state index contributed by atoms with van der Waals surface area (Å²) in [5, 5.41) is 0. The Balaban J connectivity index is 4.81. The van der Waals surface area contributed by atoms with Crippen LogP contribution in [0.25, 0.3) is 0 Å². The van der Waals surface area contributed by atoms with Crippen LogP contribution < -0.4 is 0 Å². The van der Waals surface area contributed by atoms with Crippen LogP contribution in [0.3, 0.4) is 0 Å². The molecule has 0 fully saturated rings. The molecule has 10 heteroatoms. The Bertz CT molecular complexity index is 413. The predicted octanol–water partition coefficient (Wildman–Crippen LogP) is 2.09. The zero-order valence-corrected chi connectivity index (χ0v) is 11.4. The van der Waals surface area contributed by atoms with E-state index in [1.54, 1.807) is 0 Å². The Morgan fingerprint density at radius 1 is 1.21 bits per heavy atom. The van der Waals surface area contributed by atoms with Crippen molar-refractivity contribution in [2.75, 3.05) is 18.8 Å². The van der Waals surface area contributed by atoms with Gasteiger partial charge in [-0.05, 0) is 20.8 Å². The van der Waals surface area contributed by atoms with E-state index in [-0.39, 0.29) is 4.90 Å². The van der Waals surface area contributed by atoms with E-state index in [2.05, 4.69) is 4.74 Å². The van der Waals surface area contributed by atoms with Gasteiger partial charge >= 0.3 is 22.5 Å². The maximum Gasteiger partial charge on any atom is 0.410 e. The maximum absolute atomic E-state index is 12.3. The molecule has 0 bridgehead atoms. The zero-order valence-electron chi connectivity index (χ0n) is 10.6. The molecule has 0 aliphatic rings. The van der Waals surface area contributed by atoms with Crippen LogP contribution in [0.5, 0.6) is 0 Å². The molecule has 1 amide bonds. The van der Waals surface area contributed by atoms with E-state index in [0.29, 0.717) is 0 Å². The Hall–Kier alpha value is -1.06. The minimum atomic E-state index is -4.97. The molecule has 0 radical (unpaired) electrons. The summed E-state index contributed by atoms with van der Waals surface area (Å²) in [6.45, 7) is 1.65. The number of ether oxygens (including phenoxy) is 1. The topological polar surface area (TPSA) is 63.7 Å². The second kappa shape index (κ2) is 5.93. The molecule has 114 valence electrons. The summed E-state index contributed by atoms with van der Waals surface area (Å²) in [4.78, 5) is 11.5. The highest BCUT2D eigenvalue weighted by atomic mass is 32.3. The first-order chi connectivity index (χ1) is 8.20. The fourth-order valence-corrected chi connectivity index (χ4v) is 1.44. The largest absolute Gasteiger partial charge is 0.444 e. The summed E-state index contributed by atoms with van der Waals surface area (Å²) in [5.41, 5.74) is -1.05. The predicted molar refractivity (Wildman–Crippen MR) is 58.8 cm³/mol. The lowest BCUT2D eigenvalue weighted by atomic mass is 10.2. The summed E-state index contributed by atoms with van der Waals surface area (Å²) in [6, 6.07) is 0. The SMILES string of the molecule is CC(C)(C)OC(=O)N(CCS(=O)(=O)F)CC(F)(F)F. The summed E-state index contributed by atoms with van der Waals surface area (Å²) in [5.74, 6) is -1.22. The van der Waals surface area contributed by atoms with Crippen LogP contribution in [0.15, 0.2) is 0 Å². The summed E-state index contributed by atoms with van der Waals surface area (Å²) < 4.78 is 74.2. The number of halogens is 4. The molecule has 0 saturated carbocycles. The van der Waals surface area contributed by atoms with Gasteiger partial charge in [-0.15, -0.1) is 3.89 Å². The molecule has 0 aromatic heterocycles. The standard InChI is InChI=1S/C9H15F4NO4S/c1-8(2,3)18-7(15)14(6-9(10,11)12)4-5-19(13,16)17/h4-6H2,1-3H3. The number of carbonyl (C=O) groups excluding carboxylic acids is 1. The van der Waals surface area contributed by atoms with Gasteiger partial charge in [0.05, 0.1) is 5.75 Å². The Morgan fingerprint density at radius 2 is 1.68 bits per heavy atom. The lowest BCUT2D eigenvalue weighted by Crippen LogP contribution is -2.44. The second-order valence-electron chi connectivity index (χ2n) is 4.76. The van der Waals surface area contributed by atoms with Crippen molar-refractivity contribution in [1.82, 2.24) is 4.90 Å². The highest BCUT2D eigenvalue weighted by Gasteiger charge is 2.35. The van der Waals surface area contributed by atoms with Gasteiger partial charge in [0.1, 0.15) is 12.1 Å². The first-order valence-corrected chi connectivity index (χ1v) is 6.72. The molecule has 0 aromatic carbocycles. The second-order valence-corrected chi connectivity index (χ2v) is 6.25. The maximum atomic E-state index is 12.3. The highest BCUT2D eigenvalue weighted by Crippen LogP contribution is 2.18. The van der Waals surface area contributed by atoms with Crippen molar-refractivity contribution in [1.29, 1.82) is 0 Å². The molecule has 0 heterocycles.